The minimum atomic E-state index is -1.08. The second-order valence-electron chi connectivity index (χ2n) is 4.52. The minimum Gasteiger partial charge on any atom is -0.508 e. The van der Waals surface area contributed by atoms with Gasteiger partial charge in [0.05, 0.1) is 11.3 Å². The smallest absolute Gasteiger partial charge is 0.337 e. The van der Waals surface area contributed by atoms with Crippen LogP contribution in [-0.4, -0.2) is 34.1 Å². The van der Waals surface area contributed by atoms with E-state index in [1.807, 2.05) is 0 Å². The number of hydrogen-bond acceptors (Lipinski definition) is 4. The molecule has 0 spiro atoms. The van der Waals surface area contributed by atoms with Gasteiger partial charge in [-0.15, -0.1) is 0 Å². The van der Waals surface area contributed by atoms with Gasteiger partial charge < -0.3 is 15.1 Å². The topological polar surface area (TPSA) is 90.7 Å². The van der Waals surface area contributed by atoms with Crippen molar-refractivity contribution < 1.29 is 19.8 Å². The molecule has 0 aliphatic carbocycles. The van der Waals surface area contributed by atoms with Gasteiger partial charge in [0.2, 0.25) is 0 Å². The summed E-state index contributed by atoms with van der Waals surface area (Å²) in [5.74, 6) is -1.42. The lowest BCUT2D eigenvalue weighted by Gasteiger charge is -2.17. The molecule has 2 aromatic rings. The van der Waals surface area contributed by atoms with Crippen LogP contribution in [0.4, 0.5) is 5.69 Å². The van der Waals surface area contributed by atoms with E-state index in [1.54, 1.807) is 19.2 Å². The first kappa shape index (κ1) is 14.5. The lowest BCUT2D eigenvalue weighted by Crippen LogP contribution is -2.27. The number of carboxylic acid groups (broad SMARTS) is 1. The lowest BCUT2D eigenvalue weighted by atomic mass is 10.1. The Hall–Kier alpha value is -2.89. The summed E-state index contributed by atoms with van der Waals surface area (Å²) in [6.07, 6.45) is 0. The SMILES string of the molecule is Cc1nc(C(=O)N(C)c2cccc(O)c2)ccc1C(=O)O. The summed E-state index contributed by atoms with van der Waals surface area (Å²) < 4.78 is 0. The predicted octanol–water partition coefficient (Wildman–Crippen LogP) is 2.07. The third kappa shape index (κ3) is 3.00. The van der Waals surface area contributed by atoms with Crippen LogP contribution in [0.5, 0.6) is 5.75 Å². The summed E-state index contributed by atoms with van der Waals surface area (Å²) in [7, 11) is 1.55. The van der Waals surface area contributed by atoms with E-state index in [0.717, 1.165) is 0 Å². The fourth-order valence-corrected chi connectivity index (χ4v) is 1.90. The molecule has 0 aliphatic rings. The quantitative estimate of drug-likeness (QED) is 0.901. The van der Waals surface area contributed by atoms with Crippen LogP contribution < -0.4 is 4.90 Å². The first-order chi connectivity index (χ1) is 9.90. The van der Waals surface area contributed by atoms with Crippen LogP contribution in [0.1, 0.15) is 26.5 Å². The second-order valence-corrected chi connectivity index (χ2v) is 4.52. The fourth-order valence-electron chi connectivity index (χ4n) is 1.90. The molecule has 0 radical (unpaired) electrons. The van der Waals surface area contributed by atoms with Crippen LogP contribution in [0.15, 0.2) is 36.4 Å². The molecule has 1 aromatic carbocycles. The van der Waals surface area contributed by atoms with Crippen molar-refractivity contribution in [3.8, 4) is 5.75 Å². The molecule has 1 amide bonds. The number of aromatic hydroxyl groups is 1. The van der Waals surface area contributed by atoms with E-state index in [4.69, 9.17) is 5.11 Å². The third-order valence-corrected chi connectivity index (χ3v) is 3.06. The van der Waals surface area contributed by atoms with Crippen molar-refractivity contribution in [3.05, 3.63) is 53.3 Å². The van der Waals surface area contributed by atoms with E-state index in [2.05, 4.69) is 4.98 Å². The number of pyridine rings is 1. The number of benzene rings is 1. The van der Waals surface area contributed by atoms with Crippen molar-refractivity contribution in [1.29, 1.82) is 0 Å². The molecule has 0 saturated heterocycles. The maximum atomic E-state index is 12.3. The van der Waals surface area contributed by atoms with E-state index < -0.39 is 5.97 Å². The molecule has 0 atom stereocenters. The summed E-state index contributed by atoms with van der Waals surface area (Å²) in [5, 5.41) is 18.4. The molecule has 0 fully saturated rings. The number of carbonyl (C=O) groups excluding carboxylic acids is 1. The Bertz CT molecular complexity index is 713. The Balaban J connectivity index is 2.32. The van der Waals surface area contributed by atoms with Crippen LogP contribution in [-0.2, 0) is 0 Å². The number of carboxylic acids is 1. The zero-order chi connectivity index (χ0) is 15.6. The summed E-state index contributed by atoms with van der Waals surface area (Å²) in [6, 6.07) is 8.99. The minimum absolute atomic E-state index is 0.0533. The van der Waals surface area contributed by atoms with Gasteiger partial charge in [0.25, 0.3) is 5.91 Å². The Morgan fingerprint density at radius 2 is 1.90 bits per heavy atom. The first-order valence-electron chi connectivity index (χ1n) is 6.18. The number of phenols is 1. The van der Waals surface area contributed by atoms with E-state index >= 15 is 0 Å². The average molecular weight is 286 g/mol. The number of aromatic nitrogens is 1. The van der Waals surface area contributed by atoms with Gasteiger partial charge in [0, 0.05) is 18.8 Å². The van der Waals surface area contributed by atoms with Gasteiger partial charge in [-0.25, -0.2) is 9.78 Å². The molecule has 1 aromatic heterocycles. The van der Waals surface area contributed by atoms with Crippen molar-refractivity contribution in [2.75, 3.05) is 11.9 Å². The number of hydrogen-bond donors (Lipinski definition) is 2. The van der Waals surface area contributed by atoms with Crippen molar-refractivity contribution in [1.82, 2.24) is 4.98 Å². The number of phenolic OH excluding ortho intramolecular Hbond substituents is 1. The molecule has 108 valence electrons. The van der Waals surface area contributed by atoms with Crippen LogP contribution in [0.25, 0.3) is 0 Å². The highest BCUT2D eigenvalue weighted by Gasteiger charge is 2.17. The van der Waals surface area contributed by atoms with Gasteiger partial charge >= 0.3 is 5.97 Å². The largest absolute Gasteiger partial charge is 0.508 e. The standard InChI is InChI=1S/C15H14N2O4/c1-9-12(15(20)21)6-7-13(16-9)14(19)17(2)10-4-3-5-11(18)8-10/h3-8,18H,1-2H3,(H,20,21). The Morgan fingerprint density at radius 1 is 1.19 bits per heavy atom. The van der Waals surface area contributed by atoms with E-state index in [0.29, 0.717) is 5.69 Å². The number of aryl methyl sites for hydroxylation is 1. The van der Waals surface area contributed by atoms with Gasteiger partial charge in [-0.3, -0.25) is 4.79 Å². The van der Waals surface area contributed by atoms with Gasteiger partial charge in [0.15, 0.2) is 0 Å². The highest BCUT2D eigenvalue weighted by atomic mass is 16.4. The molecule has 0 unspecified atom stereocenters. The van der Waals surface area contributed by atoms with E-state index in [1.165, 1.54) is 36.1 Å². The first-order valence-corrected chi connectivity index (χ1v) is 6.18. The summed E-state index contributed by atoms with van der Waals surface area (Å²) in [4.78, 5) is 28.6. The molecule has 6 heteroatoms. The van der Waals surface area contributed by atoms with Crippen molar-refractivity contribution in [3.63, 3.8) is 0 Å². The molecular formula is C15H14N2O4. The number of amides is 1. The van der Waals surface area contributed by atoms with Crippen molar-refractivity contribution in [2.45, 2.75) is 6.92 Å². The van der Waals surface area contributed by atoms with Crippen molar-refractivity contribution >= 4 is 17.6 Å². The van der Waals surface area contributed by atoms with Crippen LogP contribution in [0, 0.1) is 6.92 Å². The van der Waals surface area contributed by atoms with E-state index in [9.17, 15) is 14.7 Å². The number of anilines is 1. The second kappa shape index (κ2) is 5.62. The van der Waals surface area contributed by atoms with Gasteiger partial charge in [-0.1, -0.05) is 6.07 Å². The monoisotopic (exact) mass is 286 g/mol. The zero-order valence-electron chi connectivity index (χ0n) is 11.6. The van der Waals surface area contributed by atoms with Gasteiger partial charge in [-0.2, -0.15) is 0 Å². The zero-order valence-corrected chi connectivity index (χ0v) is 11.6. The van der Waals surface area contributed by atoms with Crippen molar-refractivity contribution in [2.24, 2.45) is 0 Å². The van der Waals surface area contributed by atoms with Crippen LogP contribution >= 0.6 is 0 Å². The Labute approximate surface area is 121 Å². The summed E-state index contributed by atoms with van der Waals surface area (Å²) in [5.41, 5.74) is 0.995. The molecule has 0 bridgehead atoms. The molecule has 2 N–H and O–H groups in total. The normalized spacial score (nSPS) is 10.2. The molecule has 1 heterocycles. The number of aromatic carboxylic acids is 1. The maximum Gasteiger partial charge on any atom is 0.337 e. The lowest BCUT2D eigenvalue weighted by molar-refractivity contribution is 0.0695. The predicted molar refractivity (Wildman–Crippen MR) is 76.8 cm³/mol. The highest BCUT2D eigenvalue weighted by Crippen LogP contribution is 2.20. The summed E-state index contributed by atoms with van der Waals surface area (Å²) in [6.45, 7) is 1.54. The molecular weight excluding hydrogens is 272 g/mol. The van der Waals surface area contributed by atoms with Crippen LogP contribution in [0.2, 0.25) is 0 Å². The molecule has 0 saturated carbocycles. The van der Waals surface area contributed by atoms with Gasteiger partial charge in [-0.05, 0) is 31.2 Å². The van der Waals surface area contributed by atoms with E-state index in [-0.39, 0.29) is 28.6 Å². The van der Waals surface area contributed by atoms with Gasteiger partial charge in [0.1, 0.15) is 11.4 Å². The fraction of sp³-hybridized carbons (Fsp3) is 0.133. The number of carbonyl (C=O) groups is 2. The average Bonchev–Trinajstić information content (AvgIpc) is 2.45. The Kier molecular flexibility index (Phi) is 3.89. The Morgan fingerprint density at radius 3 is 2.48 bits per heavy atom. The number of rotatable bonds is 3. The molecule has 0 aliphatic heterocycles. The van der Waals surface area contributed by atoms with Crippen LogP contribution in [0.3, 0.4) is 0 Å². The summed E-state index contributed by atoms with van der Waals surface area (Å²) >= 11 is 0. The third-order valence-electron chi connectivity index (χ3n) is 3.06. The highest BCUT2D eigenvalue weighted by molar-refractivity contribution is 6.04. The molecule has 6 nitrogen and oxygen atoms in total. The molecule has 2 rings (SSSR count). The number of nitrogens with zero attached hydrogens (tertiary/aromatic N) is 2. The maximum absolute atomic E-state index is 12.3. The molecule has 21 heavy (non-hydrogen) atoms.